The Balaban J connectivity index is 0.00000256. The number of hydrogen-bond donors (Lipinski definition) is 0. The molecule has 0 N–H and O–H groups in total. The van der Waals surface area contributed by atoms with Crippen molar-refractivity contribution in [1.82, 2.24) is 59.8 Å². The molecule has 12 nitrogen and oxygen atoms in total. The molecule has 0 atom stereocenters. The third kappa shape index (κ3) is 3.46. The molecule has 0 amide bonds. The van der Waals surface area contributed by atoms with Gasteiger partial charge in [0.05, 0.1) is 23.3 Å². The number of fused-ring (bicyclic) bond motifs is 20. The number of rotatable bonds is 0. The van der Waals surface area contributed by atoms with E-state index < -0.39 is 0 Å². The van der Waals surface area contributed by atoms with Crippen LogP contribution in [0.4, 0.5) is 0 Å². The van der Waals surface area contributed by atoms with E-state index in [9.17, 15) is 0 Å². The largest absolute Gasteiger partial charge is 2.00 e. The summed E-state index contributed by atoms with van der Waals surface area (Å²) in [6.07, 6.45) is 13.7. The van der Waals surface area contributed by atoms with Crippen molar-refractivity contribution in [2.24, 2.45) is 0 Å². The molecule has 0 fully saturated rings. The average molecular weight is 580 g/mol. The summed E-state index contributed by atoms with van der Waals surface area (Å²) in [5, 5.41) is 3.07. The molecule has 9 heterocycles. The van der Waals surface area contributed by atoms with Gasteiger partial charge in [-0.3, -0.25) is 19.9 Å². The molecule has 0 spiro atoms. The minimum absolute atomic E-state index is 0. The van der Waals surface area contributed by atoms with Gasteiger partial charge in [0.25, 0.3) is 0 Å². The summed E-state index contributed by atoms with van der Waals surface area (Å²) in [7, 11) is 0. The number of nitrogens with zero attached hydrogens (tertiary/aromatic N) is 12. The van der Waals surface area contributed by atoms with E-state index in [-0.39, 0.29) is 17.1 Å². The predicted molar refractivity (Wildman–Crippen MR) is 145 cm³/mol. The Morgan fingerprint density at radius 3 is 1.20 bits per heavy atom. The van der Waals surface area contributed by atoms with Crippen LogP contribution in [0.1, 0.15) is 0 Å². The molecule has 0 aromatic carbocycles. The van der Waals surface area contributed by atoms with Crippen LogP contribution in [0.5, 0.6) is 0 Å². The van der Waals surface area contributed by atoms with Crippen LogP contribution < -0.4 is 9.97 Å². The van der Waals surface area contributed by atoms with Gasteiger partial charge in [0.2, 0.25) is 0 Å². The molecule has 195 valence electrons. The fraction of sp³-hybridized carbons (Fsp3) is 0. The molecule has 7 aromatic heterocycles. The molecule has 1 radical (unpaired) electrons. The molecule has 0 aliphatic carbocycles. The number of pyridine rings is 4. The second kappa shape index (κ2) is 8.74. The Morgan fingerprint density at radius 1 is 0.366 bits per heavy atom. The quantitative estimate of drug-likeness (QED) is 0.240. The molecule has 0 unspecified atom stereocenters. The first-order valence-corrected chi connectivity index (χ1v) is 12.3. The van der Waals surface area contributed by atoms with Gasteiger partial charge in [-0.1, -0.05) is 0 Å². The SMILES string of the molecule is [Cu+2].c1cc2c(cn1)-c1nc-2nc2[n-]c(nc3nc(nc4[n-]c(n1)c1ccncc41)-c1ccncc1-3)c1ccncc21. The summed E-state index contributed by atoms with van der Waals surface area (Å²) in [6.45, 7) is 0. The zero-order chi connectivity index (χ0) is 26.2. The zero-order valence-corrected chi connectivity index (χ0v) is 21.5. The maximum atomic E-state index is 4.86. The Bertz CT molecular complexity index is 2040. The van der Waals surface area contributed by atoms with Crippen LogP contribution in [0.15, 0.2) is 73.8 Å². The Kier molecular flexibility index (Phi) is 4.99. The molecular weight excluding hydrogens is 568 g/mol. The van der Waals surface area contributed by atoms with E-state index in [4.69, 9.17) is 39.9 Å². The second-order valence-electron chi connectivity index (χ2n) is 9.17. The van der Waals surface area contributed by atoms with E-state index in [0.717, 1.165) is 43.8 Å². The molecule has 13 heteroatoms. The molecule has 2 aliphatic rings. The van der Waals surface area contributed by atoms with Gasteiger partial charge in [0.15, 0.2) is 0 Å². The fourth-order valence-electron chi connectivity index (χ4n) is 5.04. The van der Waals surface area contributed by atoms with Crippen molar-refractivity contribution >= 4 is 44.1 Å². The number of hydrogen-bond acceptors (Lipinski definition) is 10. The second-order valence-corrected chi connectivity index (χ2v) is 9.17. The van der Waals surface area contributed by atoms with Gasteiger partial charge in [-0.2, -0.15) is 0 Å². The van der Waals surface area contributed by atoms with Crippen molar-refractivity contribution in [3.8, 4) is 45.6 Å². The van der Waals surface area contributed by atoms with E-state index >= 15 is 0 Å². The van der Waals surface area contributed by atoms with E-state index in [1.165, 1.54) is 0 Å². The van der Waals surface area contributed by atoms with Crippen LogP contribution in [-0.2, 0) is 17.1 Å². The van der Waals surface area contributed by atoms with Crippen LogP contribution in [0.25, 0.3) is 89.7 Å². The van der Waals surface area contributed by atoms with Gasteiger partial charge in [-0.15, -0.1) is 0 Å². The van der Waals surface area contributed by atoms with Gasteiger partial charge in [0.1, 0.15) is 0 Å². The Labute approximate surface area is 240 Å². The first-order chi connectivity index (χ1) is 19.8. The molecule has 8 bridgehead atoms. The Morgan fingerprint density at radius 2 is 0.732 bits per heavy atom. The van der Waals surface area contributed by atoms with Crippen LogP contribution in [-0.4, -0.2) is 49.8 Å². The van der Waals surface area contributed by atoms with Crippen molar-refractivity contribution in [3.63, 3.8) is 0 Å². The van der Waals surface area contributed by atoms with Crippen molar-refractivity contribution in [3.05, 3.63) is 73.8 Å². The summed E-state index contributed by atoms with van der Waals surface area (Å²) < 4.78 is 0. The maximum Gasteiger partial charge on any atom is 2.00 e. The summed E-state index contributed by atoms with van der Waals surface area (Å²) in [5.74, 6) is 1.81. The molecule has 0 saturated carbocycles. The van der Waals surface area contributed by atoms with Gasteiger partial charge in [-0.05, 0) is 35.0 Å². The Hall–Kier alpha value is -5.52. The van der Waals surface area contributed by atoms with Crippen molar-refractivity contribution in [1.29, 1.82) is 0 Å². The van der Waals surface area contributed by atoms with Gasteiger partial charge >= 0.3 is 17.1 Å². The van der Waals surface area contributed by atoms with Crippen LogP contribution in [0, 0.1) is 0 Å². The van der Waals surface area contributed by atoms with Gasteiger partial charge in [-0.25, -0.2) is 9.97 Å². The van der Waals surface area contributed by atoms with Gasteiger partial charge in [0, 0.05) is 105 Å². The summed E-state index contributed by atoms with van der Waals surface area (Å²) in [5.41, 5.74) is 4.88. The monoisotopic (exact) mass is 579 g/mol. The maximum absolute atomic E-state index is 4.86. The molecule has 41 heavy (non-hydrogen) atoms. The van der Waals surface area contributed by atoms with E-state index in [1.54, 1.807) is 49.6 Å². The topological polar surface area (TPSA) is 157 Å². The normalized spacial score (nSPS) is 11.7. The summed E-state index contributed by atoms with van der Waals surface area (Å²) in [6, 6.07) is 7.44. The zero-order valence-electron chi connectivity index (χ0n) is 20.6. The predicted octanol–water partition coefficient (Wildman–Crippen LogP) is 3.70. The smallest absolute Gasteiger partial charge is 0.357 e. The molecule has 2 aliphatic heterocycles. The van der Waals surface area contributed by atoms with Gasteiger partial charge < -0.3 is 29.9 Å². The molecule has 7 aromatic rings. The van der Waals surface area contributed by atoms with E-state index in [0.29, 0.717) is 45.9 Å². The standard InChI is InChI=1S/C28H12N12.Cu/c1-5-29-9-17-13(1)21-33-25(17)38-22-15-3-7-31-11-19(15)27(35-22)40-24-16-4-8-32-12-20(16)28(36-24)39-23-14-2-6-30-10-18(14)26(34-23)37-21;/h1-12H;/q-2;+2. The fourth-order valence-corrected chi connectivity index (χ4v) is 5.04. The minimum atomic E-state index is 0. The third-order valence-electron chi connectivity index (χ3n) is 6.91. The van der Waals surface area contributed by atoms with Crippen molar-refractivity contribution < 1.29 is 17.1 Å². The third-order valence-corrected chi connectivity index (χ3v) is 6.91. The summed E-state index contributed by atoms with van der Waals surface area (Å²) in [4.78, 5) is 55.8. The van der Waals surface area contributed by atoms with Crippen molar-refractivity contribution in [2.45, 2.75) is 0 Å². The van der Waals surface area contributed by atoms with E-state index in [2.05, 4.69) is 19.9 Å². The summed E-state index contributed by atoms with van der Waals surface area (Å²) >= 11 is 0. The van der Waals surface area contributed by atoms with Crippen LogP contribution in [0.3, 0.4) is 0 Å². The minimum Gasteiger partial charge on any atom is -0.357 e. The first kappa shape index (κ1) is 23.4. The van der Waals surface area contributed by atoms with Crippen LogP contribution >= 0.6 is 0 Å². The average Bonchev–Trinajstić information content (AvgIpc) is 3.73. The molecule has 0 saturated heterocycles. The first-order valence-electron chi connectivity index (χ1n) is 12.3. The molecular formula is C28H12CuN12. The van der Waals surface area contributed by atoms with Crippen molar-refractivity contribution in [2.75, 3.05) is 0 Å². The van der Waals surface area contributed by atoms with E-state index in [1.807, 2.05) is 24.3 Å². The van der Waals surface area contributed by atoms with Crippen LogP contribution in [0.2, 0.25) is 0 Å². The number of aromatic nitrogens is 12. The molecule has 9 rings (SSSR count).